The molecule has 0 aliphatic heterocycles. The van der Waals surface area contributed by atoms with E-state index < -0.39 is 0 Å². The second-order valence-electron chi connectivity index (χ2n) is 6.22. The van der Waals surface area contributed by atoms with Crippen molar-refractivity contribution in [2.75, 3.05) is 11.1 Å². The molecule has 0 fully saturated rings. The molecule has 1 aromatic heterocycles. The minimum Gasteiger partial charge on any atom is -0.325 e. The number of hydrogen-bond donors (Lipinski definition) is 1. The molecular weight excluding hydrogens is 424 g/mol. The quantitative estimate of drug-likeness (QED) is 0.538. The summed E-state index contributed by atoms with van der Waals surface area (Å²) in [6, 6.07) is 13.9. The van der Waals surface area contributed by atoms with Crippen LogP contribution in [-0.4, -0.2) is 26.4 Å². The molecule has 5 nitrogen and oxygen atoms in total. The number of rotatable bonds is 6. The van der Waals surface area contributed by atoms with E-state index >= 15 is 0 Å². The Labute approximate surface area is 171 Å². The molecule has 0 aliphatic rings. The van der Waals surface area contributed by atoms with Crippen LogP contribution in [0.1, 0.15) is 18.1 Å². The molecular formula is C20H21BrN4OS. The van der Waals surface area contributed by atoms with Gasteiger partial charge in [-0.05, 0) is 50.6 Å². The van der Waals surface area contributed by atoms with Crippen molar-refractivity contribution in [2.45, 2.75) is 32.5 Å². The van der Waals surface area contributed by atoms with Crippen molar-refractivity contribution in [1.29, 1.82) is 0 Å². The Kier molecular flexibility index (Phi) is 6.34. The molecule has 0 unspecified atom stereocenters. The summed E-state index contributed by atoms with van der Waals surface area (Å²) in [4.78, 5) is 12.3. The van der Waals surface area contributed by atoms with E-state index in [0.29, 0.717) is 0 Å². The summed E-state index contributed by atoms with van der Waals surface area (Å²) >= 11 is 4.86. The van der Waals surface area contributed by atoms with Crippen LogP contribution in [0, 0.1) is 13.8 Å². The van der Waals surface area contributed by atoms with Gasteiger partial charge in [-0.1, -0.05) is 51.5 Å². The van der Waals surface area contributed by atoms with Crippen molar-refractivity contribution < 1.29 is 4.79 Å². The highest BCUT2D eigenvalue weighted by Crippen LogP contribution is 2.25. The molecule has 0 atom stereocenters. The monoisotopic (exact) mass is 444 g/mol. The van der Waals surface area contributed by atoms with Crippen molar-refractivity contribution in [2.24, 2.45) is 0 Å². The maximum Gasteiger partial charge on any atom is 0.234 e. The number of carbonyl (C=O) groups is 1. The maximum absolute atomic E-state index is 12.3. The van der Waals surface area contributed by atoms with E-state index in [9.17, 15) is 4.79 Å². The molecule has 2 aromatic carbocycles. The largest absolute Gasteiger partial charge is 0.325 e. The van der Waals surface area contributed by atoms with E-state index in [-0.39, 0.29) is 11.7 Å². The fraction of sp³-hybridized carbons (Fsp3) is 0.250. The summed E-state index contributed by atoms with van der Waals surface area (Å²) in [6.45, 7) is 6.84. The smallest absolute Gasteiger partial charge is 0.234 e. The van der Waals surface area contributed by atoms with Crippen LogP contribution in [0.4, 0.5) is 5.69 Å². The lowest BCUT2D eigenvalue weighted by molar-refractivity contribution is -0.113. The van der Waals surface area contributed by atoms with E-state index in [1.807, 2.05) is 41.8 Å². The lowest BCUT2D eigenvalue weighted by Crippen LogP contribution is -2.14. The molecule has 1 heterocycles. The first-order valence-corrected chi connectivity index (χ1v) is 10.4. The molecule has 7 heteroatoms. The van der Waals surface area contributed by atoms with Gasteiger partial charge in [0, 0.05) is 22.3 Å². The van der Waals surface area contributed by atoms with Crippen molar-refractivity contribution in [3.8, 4) is 11.4 Å². The summed E-state index contributed by atoms with van der Waals surface area (Å²) in [6.07, 6.45) is 0. The Morgan fingerprint density at radius 3 is 2.70 bits per heavy atom. The van der Waals surface area contributed by atoms with Gasteiger partial charge in [0.1, 0.15) is 0 Å². The predicted octanol–water partition coefficient (Wildman–Crippen LogP) is 5.08. The molecule has 1 N–H and O–H groups in total. The minimum absolute atomic E-state index is 0.0653. The molecule has 0 spiro atoms. The van der Waals surface area contributed by atoms with Crippen molar-refractivity contribution in [3.63, 3.8) is 0 Å². The Morgan fingerprint density at radius 1 is 1.19 bits per heavy atom. The van der Waals surface area contributed by atoms with Crippen molar-refractivity contribution in [1.82, 2.24) is 14.8 Å². The highest BCUT2D eigenvalue weighted by atomic mass is 79.9. The first-order chi connectivity index (χ1) is 13.0. The average Bonchev–Trinajstić information content (AvgIpc) is 3.06. The summed E-state index contributed by atoms with van der Waals surface area (Å²) in [5.41, 5.74) is 4.08. The third-order valence-corrected chi connectivity index (χ3v) is 5.94. The minimum atomic E-state index is -0.0653. The molecule has 0 saturated heterocycles. The average molecular weight is 445 g/mol. The van der Waals surface area contributed by atoms with Crippen molar-refractivity contribution in [3.05, 3.63) is 58.1 Å². The number of carbonyl (C=O) groups excluding carboxylic acids is 1. The second-order valence-corrected chi connectivity index (χ2v) is 8.02. The van der Waals surface area contributed by atoms with Gasteiger partial charge in [0.15, 0.2) is 11.0 Å². The number of benzene rings is 2. The molecule has 3 rings (SSSR count). The van der Waals surface area contributed by atoms with E-state index in [4.69, 9.17) is 0 Å². The zero-order chi connectivity index (χ0) is 19.4. The zero-order valence-corrected chi connectivity index (χ0v) is 17.9. The second kappa shape index (κ2) is 8.71. The Balaban J connectivity index is 1.69. The predicted molar refractivity (Wildman–Crippen MR) is 114 cm³/mol. The van der Waals surface area contributed by atoms with Crippen LogP contribution in [0.5, 0.6) is 0 Å². The molecule has 140 valence electrons. The van der Waals surface area contributed by atoms with Gasteiger partial charge in [0.05, 0.1) is 5.75 Å². The van der Waals surface area contributed by atoms with E-state index in [0.717, 1.165) is 38.8 Å². The maximum atomic E-state index is 12.3. The molecule has 0 bridgehead atoms. The molecule has 27 heavy (non-hydrogen) atoms. The number of halogens is 1. The van der Waals surface area contributed by atoms with Crippen LogP contribution in [0.3, 0.4) is 0 Å². The number of aryl methyl sites for hydroxylation is 2. The van der Waals surface area contributed by atoms with Crippen LogP contribution in [0.25, 0.3) is 11.4 Å². The van der Waals surface area contributed by atoms with Gasteiger partial charge in [0.2, 0.25) is 5.91 Å². The number of anilines is 1. The topological polar surface area (TPSA) is 59.8 Å². The SMILES string of the molecule is CCn1c(SCC(=O)Nc2ccc(Br)c(C)c2)nnc1-c1cccc(C)c1. The van der Waals surface area contributed by atoms with Gasteiger partial charge in [0.25, 0.3) is 0 Å². The summed E-state index contributed by atoms with van der Waals surface area (Å²) in [5.74, 6) is 1.04. The first-order valence-electron chi connectivity index (χ1n) is 8.67. The fourth-order valence-electron chi connectivity index (χ4n) is 2.73. The van der Waals surface area contributed by atoms with Gasteiger partial charge in [-0.25, -0.2) is 0 Å². The van der Waals surface area contributed by atoms with Gasteiger partial charge in [-0.15, -0.1) is 10.2 Å². The van der Waals surface area contributed by atoms with E-state index in [2.05, 4.69) is 57.4 Å². The highest BCUT2D eigenvalue weighted by Gasteiger charge is 2.15. The lowest BCUT2D eigenvalue weighted by atomic mass is 10.1. The number of hydrogen-bond acceptors (Lipinski definition) is 4. The first kappa shape index (κ1) is 19.6. The standard InChI is InChI=1S/C20H21BrN4OS/c1-4-25-19(15-7-5-6-13(2)10-15)23-24-20(25)27-12-18(26)22-16-8-9-17(21)14(3)11-16/h5-11H,4,12H2,1-3H3,(H,22,26). The van der Waals surface area contributed by atoms with E-state index in [1.54, 1.807) is 0 Å². The fourth-order valence-corrected chi connectivity index (χ4v) is 3.78. The number of thioether (sulfide) groups is 1. The summed E-state index contributed by atoms with van der Waals surface area (Å²) in [5, 5.41) is 12.3. The molecule has 0 saturated carbocycles. The normalized spacial score (nSPS) is 10.8. The third-order valence-electron chi connectivity index (χ3n) is 4.08. The van der Waals surface area contributed by atoms with Gasteiger partial charge in [-0.3, -0.25) is 4.79 Å². The third kappa shape index (κ3) is 4.78. The van der Waals surface area contributed by atoms with Crippen LogP contribution in [0.15, 0.2) is 52.1 Å². The Morgan fingerprint density at radius 2 is 2.00 bits per heavy atom. The number of nitrogens with one attached hydrogen (secondary N) is 1. The Hall–Kier alpha value is -2.12. The zero-order valence-electron chi connectivity index (χ0n) is 15.5. The van der Waals surface area contributed by atoms with Gasteiger partial charge >= 0.3 is 0 Å². The highest BCUT2D eigenvalue weighted by molar-refractivity contribution is 9.10. The molecule has 0 radical (unpaired) electrons. The van der Waals surface area contributed by atoms with Crippen LogP contribution in [0.2, 0.25) is 0 Å². The summed E-state index contributed by atoms with van der Waals surface area (Å²) in [7, 11) is 0. The van der Waals surface area contributed by atoms with E-state index in [1.165, 1.54) is 17.3 Å². The lowest BCUT2D eigenvalue weighted by Gasteiger charge is -2.09. The van der Waals surface area contributed by atoms with Crippen molar-refractivity contribution >= 4 is 39.3 Å². The number of aromatic nitrogens is 3. The Bertz CT molecular complexity index is 970. The van der Waals surface area contributed by atoms with Gasteiger partial charge < -0.3 is 9.88 Å². The summed E-state index contributed by atoms with van der Waals surface area (Å²) < 4.78 is 3.06. The number of amides is 1. The number of nitrogens with zero attached hydrogens (tertiary/aromatic N) is 3. The van der Waals surface area contributed by atoms with Crippen LogP contribution in [-0.2, 0) is 11.3 Å². The van der Waals surface area contributed by atoms with Crippen LogP contribution >= 0.6 is 27.7 Å². The molecule has 0 aliphatic carbocycles. The van der Waals surface area contributed by atoms with Crippen LogP contribution < -0.4 is 5.32 Å². The van der Waals surface area contributed by atoms with Gasteiger partial charge in [-0.2, -0.15) is 0 Å². The molecule has 3 aromatic rings. The molecule has 1 amide bonds.